The van der Waals surface area contributed by atoms with E-state index in [1.54, 1.807) is 0 Å². The summed E-state index contributed by atoms with van der Waals surface area (Å²) in [5, 5.41) is 1.87. The third kappa shape index (κ3) is 3.10. The second kappa shape index (κ2) is 6.42. The molecule has 2 rings (SSSR count). The Hall–Kier alpha value is -2.03. The highest BCUT2D eigenvalue weighted by Crippen LogP contribution is 2.29. The number of ether oxygens (including phenoxy) is 2. The van der Waals surface area contributed by atoms with Gasteiger partial charge in [0.2, 0.25) is 0 Å². The highest BCUT2D eigenvalue weighted by molar-refractivity contribution is 6.07. The lowest BCUT2D eigenvalue weighted by molar-refractivity contribution is 0.0376. The molecular formula is C17H20O3. The summed E-state index contributed by atoms with van der Waals surface area (Å²) in [6.07, 6.45) is 0.742. The van der Waals surface area contributed by atoms with E-state index in [0.29, 0.717) is 17.9 Å². The summed E-state index contributed by atoms with van der Waals surface area (Å²) in [4.78, 5) is 12.4. The van der Waals surface area contributed by atoms with Crippen molar-refractivity contribution in [2.75, 3.05) is 6.61 Å². The van der Waals surface area contributed by atoms with E-state index < -0.39 is 0 Å². The van der Waals surface area contributed by atoms with Crippen LogP contribution in [0.5, 0.6) is 5.75 Å². The summed E-state index contributed by atoms with van der Waals surface area (Å²) < 4.78 is 11.0. The van der Waals surface area contributed by atoms with E-state index in [0.717, 1.165) is 17.2 Å². The standard InChI is InChI=1S/C17H20O3/c1-4-11-19-15-10-9-13-7-5-6-8-14(13)16(15)17(18)20-12(2)3/h5-10,12H,4,11H2,1-3H3. The molecule has 3 nitrogen and oxygen atoms in total. The van der Waals surface area contributed by atoms with E-state index in [4.69, 9.17) is 9.47 Å². The van der Waals surface area contributed by atoms with Crippen molar-refractivity contribution in [1.29, 1.82) is 0 Å². The molecule has 0 saturated heterocycles. The Morgan fingerprint density at radius 2 is 1.90 bits per heavy atom. The number of hydrogen-bond donors (Lipinski definition) is 0. The molecule has 106 valence electrons. The predicted octanol–water partition coefficient (Wildman–Crippen LogP) is 4.19. The molecule has 0 heterocycles. The smallest absolute Gasteiger partial charge is 0.342 e. The largest absolute Gasteiger partial charge is 0.493 e. The molecule has 0 fully saturated rings. The maximum absolute atomic E-state index is 12.4. The number of benzene rings is 2. The molecule has 2 aromatic carbocycles. The lowest BCUT2D eigenvalue weighted by Crippen LogP contribution is -2.14. The highest BCUT2D eigenvalue weighted by Gasteiger charge is 2.19. The first-order valence-corrected chi connectivity index (χ1v) is 6.99. The molecule has 0 radical (unpaired) electrons. The molecule has 0 atom stereocenters. The lowest BCUT2D eigenvalue weighted by Gasteiger charge is -2.14. The van der Waals surface area contributed by atoms with Crippen molar-refractivity contribution < 1.29 is 14.3 Å². The summed E-state index contributed by atoms with van der Waals surface area (Å²) >= 11 is 0. The Morgan fingerprint density at radius 3 is 2.60 bits per heavy atom. The van der Waals surface area contributed by atoms with Gasteiger partial charge in [-0.15, -0.1) is 0 Å². The third-order valence-electron chi connectivity index (χ3n) is 2.90. The first kappa shape index (κ1) is 14.4. The number of hydrogen-bond acceptors (Lipinski definition) is 3. The van der Waals surface area contributed by atoms with Crippen molar-refractivity contribution in [3.8, 4) is 5.75 Å². The molecule has 2 aromatic rings. The summed E-state index contributed by atoms with van der Waals surface area (Å²) in [6, 6.07) is 11.6. The molecule has 0 saturated carbocycles. The quantitative estimate of drug-likeness (QED) is 0.765. The average molecular weight is 272 g/mol. The molecule has 20 heavy (non-hydrogen) atoms. The SMILES string of the molecule is CCCOc1ccc2ccccc2c1C(=O)OC(C)C. The first-order chi connectivity index (χ1) is 9.63. The topological polar surface area (TPSA) is 35.5 Å². The number of rotatable bonds is 5. The Kier molecular flexibility index (Phi) is 4.61. The maximum Gasteiger partial charge on any atom is 0.342 e. The van der Waals surface area contributed by atoms with Crippen LogP contribution in [0.1, 0.15) is 37.6 Å². The van der Waals surface area contributed by atoms with Gasteiger partial charge in [-0.2, -0.15) is 0 Å². The van der Waals surface area contributed by atoms with E-state index in [1.807, 2.05) is 57.2 Å². The Labute approximate surface area is 119 Å². The van der Waals surface area contributed by atoms with Gasteiger partial charge in [-0.3, -0.25) is 0 Å². The summed E-state index contributed by atoms with van der Waals surface area (Å²) in [5.74, 6) is 0.263. The molecule has 0 unspecified atom stereocenters. The predicted molar refractivity (Wildman–Crippen MR) is 80.3 cm³/mol. The second-order valence-electron chi connectivity index (χ2n) is 4.96. The van der Waals surface area contributed by atoms with Gasteiger partial charge in [0.25, 0.3) is 0 Å². The minimum atomic E-state index is -0.331. The van der Waals surface area contributed by atoms with Crippen molar-refractivity contribution in [2.24, 2.45) is 0 Å². The molecule has 0 N–H and O–H groups in total. The molecule has 0 bridgehead atoms. The number of fused-ring (bicyclic) bond motifs is 1. The van der Waals surface area contributed by atoms with Gasteiger partial charge in [0.05, 0.1) is 12.7 Å². The number of carbonyl (C=O) groups excluding carboxylic acids is 1. The molecule has 0 aliphatic heterocycles. The fourth-order valence-corrected chi connectivity index (χ4v) is 2.07. The van der Waals surface area contributed by atoms with E-state index in [-0.39, 0.29) is 12.1 Å². The van der Waals surface area contributed by atoms with Gasteiger partial charge < -0.3 is 9.47 Å². The van der Waals surface area contributed by atoms with Crippen molar-refractivity contribution in [1.82, 2.24) is 0 Å². The zero-order valence-corrected chi connectivity index (χ0v) is 12.2. The molecule has 0 aromatic heterocycles. The van der Waals surface area contributed by atoms with Crippen molar-refractivity contribution in [3.05, 3.63) is 42.0 Å². The van der Waals surface area contributed by atoms with Gasteiger partial charge in [0.1, 0.15) is 11.3 Å². The Bertz CT molecular complexity index is 602. The Morgan fingerprint density at radius 1 is 1.15 bits per heavy atom. The van der Waals surface area contributed by atoms with Crippen LogP contribution < -0.4 is 4.74 Å². The summed E-state index contributed by atoms with van der Waals surface area (Å²) in [7, 11) is 0. The normalized spacial score (nSPS) is 10.8. The Balaban J connectivity index is 2.52. The summed E-state index contributed by atoms with van der Waals surface area (Å²) in [6.45, 7) is 6.30. The number of esters is 1. The van der Waals surface area contributed by atoms with Crippen molar-refractivity contribution in [2.45, 2.75) is 33.3 Å². The van der Waals surface area contributed by atoms with Crippen LogP contribution in [0, 0.1) is 0 Å². The molecule has 0 spiro atoms. The first-order valence-electron chi connectivity index (χ1n) is 6.99. The van der Waals surface area contributed by atoms with E-state index >= 15 is 0 Å². The van der Waals surface area contributed by atoms with Crippen LogP contribution in [0.15, 0.2) is 36.4 Å². The van der Waals surface area contributed by atoms with Crippen molar-refractivity contribution in [3.63, 3.8) is 0 Å². The zero-order valence-electron chi connectivity index (χ0n) is 12.2. The van der Waals surface area contributed by atoms with E-state index in [1.165, 1.54) is 0 Å². The van der Waals surface area contributed by atoms with E-state index in [9.17, 15) is 4.79 Å². The van der Waals surface area contributed by atoms with Gasteiger partial charge in [0.15, 0.2) is 0 Å². The minimum Gasteiger partial charge on any atom is -0.493 e. The second-order valence-corrected chi connectivity index (χ2v) is 4.96. The molecule has 0 aliphatic rings. The molecular weight excluding hydrogens is 252 g/mol. The van der Waals surface area contributed by atoms with Crippen LogP contribution in [0.4, 0.5) is 0 Å². The molecule has 3 heteroatoms. The van der Waals surface area contributed by atoms with Crippen molar-refractivity contribution >= 4 is 16.7 Å². The van der Waals surface area contributed by atoms with Gasteiger partial charge >= 0.3 is 5.97 Å². The fraction of sp³-hybridized carbons (Fsp3) is 0.353. The lowest BCUT2D eigenvalue weighted by atomic mass is 10.0. The van der Waals surface area contributed by atoms with Gasteiger partial charge in [-0.25, -0.2) is 4.79 Å². The monoisotopic (exact) mass is 272 g/mol. The fourth-order valence-electron chi connectivity index (χ4n) is 2.07. The molecule has 0 amide bonds. The number of carbonyl (C=O) groups is 1. The van der Waals surface area contributed by atoms with Crippen LogP contribution in [0.25, 0.3) is 10.8 Å². The minimum absolute atomic E-state index is 0.152. The maximum atomic E-state index is 12.4. The van der Waals surface area contributed by atoms with Crippen LogP contribution in [-0.4, -0.2) is 18.7 Å². The molecule has 0 aliphatic carbocycles. The highest BCUT2D eigenvalue weighted by atomic mass is 16.5. The van der Waals surface area contributed by atoms with Crippen LogP contribution in [-0.2, 0) is 4.74 Å². The van der Waals surface area contributed by atoms with Gasteiger partial charge in [0, 0.05) is 0 Å². The summed E-state index contributed by atoms with van der Waals surface area (Å²) in [5.41, 5.74) is 0.519. The van der Waals surface area contributed by atoms with Crippen LogP contribution in [0.2, 0.25) is 0 Å². The van der Waals surface area contributed by atoms with Gasteiger partial charge in [-0.05, 0) is 37.1 Å². The van der Waals surface area contributed by atoms with Gasteiger partial charge in [-0.1, -0.05) is 37.3 Å². The third-order valence-corrected chi connectivity index (χ3v) is 2.90. The average Bonchev–Trinajstić information content (AvgIpc) is 2.43. The van der Waals surface area contributed by atoms with Crippen LogP contribution in [0.3, 0.4) is 0 Å². The van der Waals surface area contributed by atoms with Crippen LogP contribution >= 0.6 is 0 Å². The van der Waals surface area contributed by atoms with E-state index in [2.05, 4.69) is 0 Å². The zero-order chi connectivity index (χ0) is 14.5.